The summed E-state index contributed by atoms with van der Waals surface area (Å²) in [4.78, 5) is 9.81. The Hall–Kier alpha value is -2.34. The summed E-state index contributed by atoms with van der Waals surface area (Å²) in [5, 5.41) is 3.33. The standard InChI is InChI=1S/C23H32N4OS/c1-24-23(25-15-18-29(28)22-9-5-3-6-10-22)26(2)19-20-11-13-21(14-12-20)27-16-7-4-8-17-27/h3,5-6,9-14H,4,7-8,15-19H2,1-2H3,(H,24,25). The van der Waals surface area contributed by atoms with Crippen LogP contribution in [-0.2, 0) is 17.3 Å². The van der Waals surface area contributed by atoms with Crippen molar-refractivity contribution in [3.05, 3.63) is 60.2 Å². The van der Waals surface area contributed by atoms with Crippen molar-refractivity contribution in [2.45, 2.75) is 30.7 Å². The Bertz CT molecular complexity index is 801. The maximum absolute atomic E-state index is 12.4. The molecular weight excluding hydrogens is 380 g/mol. The van der Waals surface area contributed by atoms with E-state index >= 15 is 0 Å². The average molecular weight is 413 g/mol. The Kier molecular flexibility index (Phi) is 8.11. The third kappa shape index (κ3) is 6.32. The number of nitrogens with one attached hydrogen (secondary N) is 1. The predicted molar refractivity (Wildman–Crippen MR) is 123 cm³/mol. The molecule has 29 heavy (non-hydrogen) atoms. The molecule has 1 N–H and O–H groups in total. The fraction of sp³-hybridized carbons (Fsp3) is 0.435. The van der Waals surface area contributed by atoms with Crippen molar-refractivity contribution in [1.29, 1.82) is 0 Å². The summed E-state index contributed by atoms with van der Waals surface area (Å²) < 4.78 is 12.4. The summed E-state index contributed by atoms with van der Waals surface area (Å²) in [6.45, 7) is 3.73. The molecule has 6 heteroatoms. The smallest absolute Gasteiger partial charge is 0.193 e. The first kappa shape index (κ1) is 21.4. The van der Waals surface area contributed by atoms with Crippen LogP contribution < -0.4 is 10.2 Å². The lowest BCUT2D eigenvalue weighted by atomic mass is 10.1. The lowest BCUT2D eigenvalue weighted by molar-refractivity contribution is 0.479. The number of anilines is 1. The number of hydrogen-bond acceptors (Lipinski definition) is 3. The van der Waals surface area contributed by atoms with Crippen molar-refractivity contribution < 1.29 is 4.21 Å². The van der Waals surface area contributed by atoms with Gasteiger partial charge in [0.05, 0.1) is 10.8 Å². The normalized spacial score (nSPS) is 15.8. The zero-order chi connectivity index (χ0) is 20.5. The van der Waals surface area contributed by atoms with Crippen LogP contribution in [-0.4, -0.2) is 54.6 Å². The van der Waals surface area contributed by atoms with Gasteiger partial charge < -0.3 is 15.1 Å². The van der Waals surface area contributed by atoms with E-state index in [-0.39, 0.29) is 0 Å². The number of piperidine rings is 1. The van der Waals surface area contributed by atoms with Gasteiger partial charge in [-0.15, -0.1) is 0 Å². The first-order valence-electron chi connectivity index (χ1n) is 10.4. The van der Waals surface area contributed by atoms with Crippen LogP contribution >= 0.6 is 0 Å². The van der Waals surface area contributed by atoms with Crippen LogP contribution in [0.3, 0.4) is 0 Å². The molecule has 1 heterocycles. The fourth-order valence-corrected chi connectivity index (χ4v) is 4.63. The van der Waals surface area contributed by atoms with Crippen molar-refractivity contribution in [2.24, 2.45) is 4.99 Å². The van der Waals surface area contributed by atoms with E-state index in [0.29, 0.717) is 12.3 Å². The molecule has 0 radical (unpaired) electrons. The molecule has 0 bridgehead atoms. The Morgan fingerprint density at radius 1 is 1.07 bits per heavy atom. The molecule has 1 aliphatic rings. The summed E-state index contributed by atoms with van der Waals surface area (Å²) in [5.41, 5.74) is 2.58. The van der Waals surface area contributed by atoms with Crippen LogP contribution in [0, 0.1) is 0 Å². The van der Waals surface area contributed by atoms with E-state index in [4.69, 9.17) is 0 Å². The molecule has 1 fully saturated rings. The van der Waals surface area contributed by atoms with Gasteiger partial charge in [-0.1, -0.05) is 30.3 Å². The Morgan fingerprint density at radius 2 is 1.76 bits per heavy atom. The minimum Gasteiger partial charge on any atom is -0.372 e. The topological polar surface area (TPSA) is 47.9 Å². The Balaban J connectivity index is 1.48. The van der Waals surface area contributed by atoms with E-state index in [2.05, 4.69) is 44.4 Å². The van der Waals surface area contributed by atoms with Crippen LogP contribution in [0.4, 0.5) is 5.69 Å². The van der Waals surface area contributed by atoms with Gasteiger partial charge in [-0.2, -0.15) is 0 Å². The summed E-state index contributed by atoms with van der Waals surface area (Å²) in [6.07, 6.45) is 3.94. The second kappa shape index (κ2) is 11.0. The van der Waals surface area contributed by atoms with E-state index in [1.807, 2.05) is 37.4 Å². The molecular formula is C23H32N4OS. The highest BCUT2D eigenvalue weighted by atomic mass is 32.2. The molecule has 0 aromatic heterocycles. The van der Waals surface area contributed by atoms with Gasteiger partial charge in [0.15, 0.2) is 5.96 Å². The fourth-order valence-electron chi connectivity index (χ4n) is 3.64. The van der Waals surface area contributed by atoms with Gasteiger partial charge in [-0.25, -0.2) is 0 Å². The van der Waals surface area contributed by atoms with Crippen LogP contribution in [0.1, 0.15) is 24.8 Å². The average Bonchev–Trinajstić information content (AvgIpc) is 2.78. The van der Waals surface area contributed by atoms with Crippen LogP contribution in [0.5, 0.6) is 0 Å². The molecule has 2 aromatic rings. The number of guanidine groups is 1. The van der Waals surface area contributed by atoms with Gasteiger partial charge in [0, 0.05) is 56.6 Å². The summed E-state index contributed by atoms with van der Waals surface area (Å²) in [5.74, 6) is 1.37. The van der Waals surface area contributed by atoms with E-state index in [9.17, 15) is 4.21 Å². The summed E-state index contributed by atoms with van der Waals surface area (Å²) in [6, 6.07) is 18.5. The summed E-state index contributed by atoms with van der Waals surface area (Å²) in [7, 11) is 2.81. The van der Waals surface area contributed by atoms with Crippen LogP contribution in [0.15, 0.2) is 64.5 Å². The molecule has 5 nitrogen and oxygen atoms in total. The van der Waals surface area contributed by atoms with Crippen molar-refractivity contribution in [2.75, 3.05) is 44.4 Å². The lowest BCUT2D eigenvalue weighted by Gasteiger charge is -2.29. The lowest BCUT2D eigenvalue weighted by Crippen LogP contribution is -2.40. The van der Waals surface area contributed by atoms with E-state index in [1.54, 1.807) is 7.05 Å². The highest BCUT2D eigenvalue weighted by molar-refractivity contribution is 7.85. The van der Waals surface area contributed by atoms with Crippen molar-refractivity contribution in [3.63, 3.8) is 0 Å². The molecule has 2 aromatic carbocycles. The quantitative estimate of drug-likeness (QED) is 0.559. The van der Waals surface area contributed by atoms with E-state index in [1.165, 1.54) is 43.6 Å². The largest absolute Gasteiger partial charge is 0.372 e. The van der Waals surface area contributed by atoms with Crippen molar-refractivity contribution in [3.8, 4) is 0 Å². The molecule has 3 rings (SSSR count). The van der Waals surface area contributed by atoms with Gasteiger partial charge in [0.1, 0.15) is 0 Å². The Labute approximate surface area is 177 Å². The molecule has 0 spiro atoms. The van der Waals surface area contributed by atoms with Crippen LogP contribution in [0.2, 0.25) is 0 Å². The molecule has 0 saturated carbocycles. The molecule has 1 saturated heterocycles. The zero-order valence-electron chi connectivity index (χ0n) is 17.5. The number of benzene rings is 2. The second-order valence-corrected chi connectivity index (χ2v) is 8.98. The zero-order valence-corrected chi connectivity index (χ0v) is 18.3. The number of aliphatic imine (C=N–C) groups is 1. The van der Waals surface area contributed by atoms with Gasteiger partial charge in [-0.05, 0) is 49.1 Å². The number of rotatable bonds is 7. The van der Waals surface area contributed by atoms with Gasteiger partial charge in [0.25, 0.3) is 0 Å². The predicted octanol–water partition coefficient (Wildman–Crippen LogP) is 3.49. The SMILES string of the molecule is CN=C(NCCS(=O)c1ccccc1)N(C)Cc1ccc(N2CCCCC2)cc1. The van der Waals surface area contributed by atoms with Gasteiger partial charge in [0.2, 0.25) is 0 Å². The van der Waals surface area contributed by atoms with E-state index in [0.717, 1.165) is 17.4 Å². The highest BCUT2D eigenvalue weighted by Gasteiger charge is 2.12. The van der Waals surface area contributed by atoms with Gasteiger partial charge >= 0.3 is 0 Å². The summed E-state index contributed by atoms with van der Waals surface area (Å²) >= 11 is 0. The third-order valence-corrected chi connectivity index (χ3v) is 6.60. The van der Waals surface area contributed by atoms with Crippen molar-refractivity contribution >= 4 is 22.4 Å². The van der Waals surface area contributed by atoms with E-state index < -0.39 is 10.8 Å². The monoisotopic (exact) mass is 412 g/mol. The number of hydrogen-bond donors (Lipinski definition) is 1. The maximum atomic E-state index is 12.4. The minimum absolute atomic E-state index is 0.557. The Morgan fingerprint density at radius 3 is 2.41 bits per heavy atom. The first-order chi connectivity index (χ1) is 14.2. The molecule has 1 unspecified atom stereocenters. The molecule has 156 valence electrons. The highest BCUT2D eigenvalue weighted by Crippen LogP contribution is 2.20. The second-order valence-electron chi connectivity index (χ2n) is 7.41. The third-order valence-electron chi connectivity index (χ3n) is 5.23. The number of nitrogens with zero attached hydrogens (tertiary/aromatic N) is 3. The molecule has 0 aliphatic carbocycles. The van der Waals surface area contributed by atoms with Gasteiger partial charge in [-0.3, -0.25) is 9.20 Å². The first-order valence-corrected chi connectivity index (χ1v) is 11.7. The van der Waals surface area contributed by atoms with Crippen LogP contribution in [0.25, 0.3) is 0 Å². The minimum atomic E-state index is -0.999. The molecule has 0 amide bonds. The maximum Gasteiger partial charge on any atom is 0.193 e. The molecule has 1 atom stereocenters. The molecule has 1 aliphatic heterocycles. The van der Waals surface area contributed by atoms with Crippen molar-refractivity contribution in [1.82, 2.24) is 10.2 Å².